The van der Waals surface area contributed by atoms with E-state index >= 15 is 0 Å². The van der Waals surface area contributed by atoms with E-state index in [-0.39, 0.29) is 5.91 Å². The maximum absolute atomic E-state index is 11.8. The van der Waals surface area contributed by atoms with Crippen molar-refractivity contribution >= 4 is 5.91 Å². The van der Waals surface area contributed by atoms with Gasteiger partial charge < -0.3 is 15.1 Å². The third kappa shape index (κ3) is 3.94. The Kier molecular flexibility index (Phi) is 4.76. The van der Waals surface area contributed by atoms with Gasteiger partial charge in [-0.2, -0.15) is 0 Å². The number of rotatable bonds is 3. The first-order valence-corrected chi connectivity index (χ1v) is 6.65. The van der Waals surface area contributed by atoms with Gasteiger partial charge in [0.2, 0.25) is 5.91 Å². The van der Waals surface area contributed by atoms with Gasteiger partial charge in [0, 0.05) is 45.8 Å². The molecule has 0 aromatic carbocycles. The molecular weight excluding hydrogens is 216 g/mol. The topological polar surface area (TPSA) is 38.8 Å². The zero-order valence-electron chi connectivity index (χ0n) is 10.8. The number of hydrogen-bond donors (Lipinski definition) is 1. The lowest BCUT2D eigenvalue weighted by Gasteiger charge is -2.33. The summed E-state index contributed by atoms with van der Waals surface area (Å²) >= 11 is 0. The summed E-state index contributed by atoms with van der Waals surface area (Å²) in [6.07, 6.45) is 1.08. The van der Waals surface area contributed by atoms with Crippen molar-refractivity contribution in [2.45, 2.75) is 6.42 Å². The molecule has 0 saturated carbocycles. The first-order chi connectivity index (χ1) is 8.25. The fourth-order valence-corrected chi connectivity index (χ4v) is 2.40. The molecule has 2 saturated heterocycles. The molecule has 5 nitrogen and oxygen atoms in total. The molecular formula is C12H24N4O. The molecule has 0 aliphatic carbocycles. The summed E-state index contributed by atoms with van der Waals surface area (Å²) in [6, 6.07) is 0. The van der Waals surface area contributed by atoms with Gasteiger partial charge in [0.25, 0.3) is 0 Å². The van der Waals surface area contributed by atoms with Gasteiger partial charge in [-0.3, -0.25) is 9.69 Å². The quantitative estimate of drug-likeness (QED) is 0.691. The van der Waals surface area contributed by atoms with E-state index in [1.54, 1.807) is 0 Å². The van der Waals surface area contributed by atoms with E-state index < -0.39 is 0 Å². The SMILES string of the molecule is CN1CCN(CCN2CCCNCC2=O)CC1. The molecule has 2 aliphatic heterocycles. The normalized spacial score (nSPS) is 25.0. The van der Waals surface area contributed by atoms with Crippen LogP contribution in [0.3, 0.4) is 0 Å². The predicted molar refractivity (Wildman–Crippen MR) is 68.0 cm³/mol. The van der Waals surface area contributed by atoms with E-state index in [0.717, 1.165) is 58.8 Å². The van der Waals surface area contributed by atoms with Crippen LogP contribution in [0.1, 0.15) is 6.42 Å². The van der Waals surface area contributed by atoms with Gasteiger partial charge in [-0.05, 0) is 20.0 Å². The van der Waals surface area contributed by atoms with Crippen molar-refractivity contribution in [1.82, 2.24) is 20.0 Å². The lowest BCUT2D eigenvalue weighted by molar-refractivity contribution is -0.129. The smallest absolute Gasteiger partial charge is 0.236 e. The fraction of sp³-hybridized carbons (Fsp3) is 0.917. The first-order valence-electron chi connectivity index (χ1n) is 6.65. The van der Waals surface area contributed by atoms with Crippen LogP contribution in [0.25, 0.3) is 0 Å². The molecule has 5 heteroatoms. The molecule has 0 spiro atoms. The molecule has 0 radical (unpaired) electrons. The first kappa shape index (κ1) is 12.8. The van der Waals surface area contributed by atoms with Crippen LogP contribution in [0, 0.1) is 0 Å². The minimum Gasteiger partial charge on any atom is -0.340 e. The maximum Gasteiger partial charge on any atom is 0.236 e. The number of piperazine rings is 1. The number of likely N-dealkylation sites (N-methyl/N-ethyl adjacent to an activating group) is 1. The highest BCUT2D eigenvalue weighted by atomic mass is 16.2. The molecule has 0 aromatic heterocycles. The third-order valence-corrected chi connectivity index (χ3v) is 3.69. The minimum absolute atomic E-state index is 0.261. The lowest BCUT2D eigenvalue weighted by Crippen LogP contribution is -2.48. The zero-order valence-corrected chi connectivity index (χ0v) is 10.8. The maximum atomic E-state index is 11.8. The molecule has 0 bridgehead atoms. The highest BCUT2D eigenvalue weighted by Crippen LogP contribution is 2.01. The Balaban J connectivity index is 1.71. The lowest BCUT2D eigenvalue weighted by atomic mass is 10.3. The molecule has 0 atom stereocenters. The molecule has 1 N–H and O–H groups in total. The average molecular weight is 240 g/mol. The highest BCUT2D eigenvalue weighted by Gasteiger charge is 2.18. The van der Waals surface area contributed by atoms with Crippen molar-refractivity contribution in [2.24, 2.45) is 0 Å². The molecule has 0 aromatic rings. The van der Waals surface area contributed by atoms with Gasteiger partial charge in [-0.15, -0.1) is 0 Å². The van der Waals surface area contributed by atoms with Gasteiger partial charge in [-0.1, -0.05) is 0 Å². The summed E-state index contributed by atoms with van der Waals surface area (Å²) in [5.41, 5.74) is 0. The summed E-state index contributed by atoms with van der Waals surface area (Å²) in [4.78, 5) is 18.6. The Morgan fingerprint density at radius 1 is 1.12 bits per heavy atom. The van der Waals surface area contributed by atoms with Crippen LogP contribution >= 0.6 is 0 Å². The molecule has 2 rings (SSSR count). The Hall–Kier alpha value is -0.650. The van der Waals surface area contributed by atoms with Crippen molar-refractivity contribution in [1.29, 1.82) is 0 Å². The Labute approximate surface area is 104 Å². The second-order valence-corrected chi connectivity index (χ2v) is 5.06. The van der Waals surface area contributed by atoms with Gasteiger partial charge in [0.05, 0.1) is 6.54 Å². The number of carbonyl (C=O) groups excluding carboxylic acids is 1. The van der Waals surface area contributed by atoms with Crippen LogP contribution in [0.4, 0.5) is 0 Å². The Morgan fingerprint density at radius 2 is 1.88 bits per heavy atom. The van der Waals surface area contributed by atoms with E-state index in [0.29, 0.717) is 6.54 Å². The van der Waals surface area contributed by atoms with Crippen molar-refractivity contribution < 1.29 is 4.79 Å². The van der Waals surface area contributed by atoms with E-state index in [4.69, 9.17) is 0 Å². The van der Waals surface area contributed by atoms with Gasteiger partial charge in [0.1, 0.15) is 0 Å². The van der Waals surface area contributed by atoms with Gasteiger partial charge in [-0.25, -0.2) is 0 Å². The van der Waals surface area contributed by atoms with Crippen molar-refractivity contribution in [2.75, 3.05) is 66.0 Å². The van der Waals surface area contributed by atoms with Crippen LogP contribution in [0.5, 0.6) is 0 Å². The number of amides is 1. The third-order valence-electron chi connectivity index (χ3n) is 3.69. The van der Waals surface area contributed by atoms with Crippen molar-refractivity contribution in [3.05, 3.63) is 0 Å². The van der Waals surface area contributed by atoms with Crippen LogP contribution in [0.2, 0.25) is 0 Å². The standard InChI is InChI=1S/C12H24N4O/c1-14-5-7-15(8-6-14)9-10-16-4-2-3-13-11-12(16)17/h13H,2-11H2,1H3. The van der Waals surface area contributed by atoms with E-state index in [1.807, 2.05) is 4.90 Å². The molecule has 2 fully saturated rings. The summed E-state index contributed by atoms with van der Waals surface area (Å²) in [7, 11) is 2.17. The molecule has 2 aliphatic rings. The highest BCUT2D eigenvalue weighted by molar-refractivity contribution is 5.78. The molecule has 1 amide bonds. The summed E-state index contributed by atoms with van der Waals surface area (Å²) in [6.45, 7) is 8.89. The fourth-order valence-electron chi connectivity index (χ4n) is 2.40. The van der Waals surface area contributed by atoms with Crippen LogP contribution in [0.15, 0.2) is 0 Å². The molecule has 17 heavy (non-hydrogen) atoms. The summed E-state index contributed by atoms with van der Waals surface area (Å²) < 4.78 is 0. The zero-order chi connectivity index (χ0) is 12.1. The van der Waals surface area contributed by atoms with Gasteiger partial charge >= 0.3 is 0 Å². The van der Waals surface area contributed by atoms with E-state index in [1.165, 1.54) is 0 Å². The average Bonchev–Trinajstić information content (AvgIpc) is 2.54. The van der Waals surface area contributed by atoms with Crippen molar-refractivity contribution in [3.8, 4) is 0 Å². The number of nitrogens with one attached hydrogen (secondary N) is 1. The van der Waals surface area contributed by atoms with Crippen molar-refractivity contribution in [3.63, 3.8) is 0 Å². The molecule has 2 heterocycles. The van der Waals surface area contributed by atoms with Crippen LogP contribution < -0.4 is 5.32 Å². The van der Waals surface area contributed by atoms with Gasteiger partial charge in [0.15, 0.2) is 0 Å². The molecule has 0 unspecified atom stereocenters. The number of carbonyl (C=O) groups is 1. The second-order valence-electron chi connectivity index (χ2n) is 5.06. The second kappa shape index (κ2) is 6.33. The van der Waals surface area contributed by atoms with E-state index in [9.17, 15) is 4.79 Å². The number of hydrogen-bond acceptors (Lipinski definition) is 4. The largest absolute Gasteiger partial charge is 0.340 e. The molecule has 98 valence electrons. The summed E-state index contributed by atoms with van der Waals surface area (Å²) in [5, 5.41) is 3.16. The summed E-state index contributed by atoms with van der Waals surface area (Å²) in [5.74, 6) is 0.261. The monoisotopic (exact) mass is 240 g/mol. The number of nitrogens with zero attached hydrogens (tertiary/aromatic N) is 3. The van der Waals surface area contributed by atoms with Crippen LogP contribution in [-0.2, 0) is 4.79 Å². The van der Waals surface area contributed by atoms with Crippen LogP contribution in [-0.4, -0.2) is 86.6 Å². The minimum atomic E-state index is 0.261. The van der Waals surface area contributed by atoms with E-state index in [2.05, 4.69) is 22.2 Å². The Bertz CT molecular complexity index is 251. The Morgan fingerprint density at radius 3 is 2.65 bits per heavy atom. The predicted octanol–water partition coefficient (Wildman–Crippen LogP) is -0.944.